The van der Waals surface area contributed by atoms with Crippen LogP contribution >= 0.6 is 15.9 Å². The standard InChI is InChI=1S/C12H17BrFNO/c1-2-3-15(4-5-16)9-10-6-11(13)8-12(14)7-10/h6-8,16H,2-5,9H2,1H3. The molecule has 1 N–H and O–H groups in total. The average Bonchev–Trinajstić information content (AvgIpc) is 2.16. The third kappa shape index (κ3) is 4.60. The summed E-state index contributed by atoms with van der Waals surface area (Å²) in [5.74, 6) is -0.232. The highest BCUT2D eigenvalue weighted by molar-refractivity contribution is 9.10. The number of rotatable bonds is 6. The monoisotopic (exact) mass is 289 g/mol. The van der Waals surface area contributed by atoms with Gasteiger partial charge in [0.15, 0.2) is 0 Å². The highest BCUT2D eigenvalue weighted by Gasteiger charge is 2.06. The molecule has 2 nitrogen and oxygen atoms in total. The summed E-state index contributed by atoms with van der Waals surface area (Å²) in [6, 6.07) is 4.88. The lowest BCUT2D eigenvalue weighted by atomic mass is 10.2. The van der Waals surface area contributed by atoms with Crippen molar-refractivity contribution in [1.82, 2.24) is 4.90 Å². The number of nitrogens with zero attached hydrogens (tertiary/aromatic N) is 1. The Hall–Kier alpha value is -0.450. The van der Waals surface area contributed by atoms with Gasteiger partial charge in [-0.25, -0.2) is 4.39 Å². The molecule has 1 rings (SSSR count). The van der Waals surface area contributed by atoms with Gasteiger partial charge in [0, 0.05) is 17.6 Å². The van der Waals surface area contributed by atoms with Gasteiger partial charge in [-0.1, -0.05) is 22.9 Å². The van der Waals surface area contributed by atoms with E-state index < -0.39 is 0 Å². The SMILES string of the molecule is CCCN(CCO)Cc1cc(F)cc(Br)c1. The molecule has 1 aromatic carbocycles. The Morgan fingerprint density at radius 2 is 2.06 bits per heavy atom. The topological polar surface area (TPSA) is 23.5 Å². The summed E-state index contributed by atoms with van der Waals surface area (Å²) in [6.07, 6.45) is 1.02. The van der Waals surface area contributed by atoms with Crippen molar-refractivity contribution in [2.45, 2.75) is 19.9 Å². The molecule has 16 heavy (non-hydrogen) atoms. The summed E-state index contributed by atoms with van der Waals surface area (Å²) < 4.78 is 13.9. The second-order valence-electron chi connectivity index (χ2n) is 3.78. The quantitative estimate of drug-likeness (QED) is 0.871. The molecule has 0 unspecified atom stereocenters. The molecule has 0 radical (unpaired) electrons. The lowest BCUT2D eigenvalue weighted by Gasteiger charge is -2.20. The van der Waals surface area contributed by atoms with Crippen molar-refractivity contribution >= 4 is 15.9 Å². The minimum Gasteiger partial charge on any atom is -0.395 e. The maximum Gasteiger partial charge on any atom is 0.124 e. The molecule has 0 saturated carbocycles. The Balaban J connectivity index is 2.68. The molecule has 0 fully saturated rings. The van der Waals surface area contributed by atoms with E-state index in [4.69, 9.17) is 5.11 Å². The lowest BCUT2D eigenvalue weighted by Crippen LogP contribution is -2.27. The minimum absolute atomic E-state index is 0.135. The molecule has 0 amide bonds. The third-order valence-electron chi connectivity index (χ3n) is 2.28. The molecule has 0 aliphatic heterocycles. The van der Waals surface area contributed by atoms with Gasteiger partial charge in [0.2, 0.25) is 0 Å². The maximum atomic E-state index is 13.2. The van der Waals surface area contributed by atoms with E-state index in [2.05, 4.69) is 27.8 Å². The van der Waals surface area contributed by atoms with E-state index in [0.29, 0.717) is 13.1 Å². The van der Waals surface area contributed by atoms with Crippen LogP contribution in [0.5, 0.6) is 0 Å². The van der Waals surface area contributed by atoms with Gasteiger partial charge >= 0.3 is 0 Å². The van der Waals surface area contributed by atoms with Crippen molar-refractivity contribution in [3.8, 4) is 0 Å². The van der Waals surface area contributed by atoms with Crippen LogP contribution in [0.1, 0.15) is 18.9 Å². The molecular formula is C12H17BrFNO. The zero-order valence-corrected chi connectivity index (χ0v) is 11.0. The molecule has 4 heteroatoms. The van der Waals surface area contributed by atoms with Crippen LogP contribution < -0.4 is 0 Å². The van der Waals surface area contributed by atoms with Gasteiger partial charge < -0.3 is 5.11 Å². The van der Waals surface area contributed by atoms with E-state index in [1.165, 1.54) is 12.1 Å². The number of aliphatic hydroxyl groups excluding tert-OH is 1. The van der Waals surface area contributed by atoms with Crippen molar-refractivity contribution in [2.75, 3.05) is 19.7 Å². The number of halogens is 2. The van der Waals surface area contributed by atoms with Crippen molar-refractivity contribution in [2.24, 2.45) is 0 Å². The van der Waals surface area contributed by atoms with Gasteiger partial charge in [-0.05, 0) is 36.7 Å². The van der Waals surface area contributed by atoms with Crippen molar-refractivity contribution < 1.29 is 9.50 Å². The summed E-state index contributed by atoms with van der Waals surface area (Å²) in [5.41, 5.74) is 0.925. The summed E-state index contributed by atoms with van der Waals surface area (Å²) in [7, 11) is 0. The molecule has 0 atom stereocenters. The molecule has 90 valence electrons. The van der Waals surface area contributed by atoms with E-state index >= 15 is 0 Å². The number of benzene rings is 1. The molecule has 0 saturated heterocycles. The fourth-order valence-electron chi connectivity index (χ4n) is 1.69. The molecule has 0 aliphatic rings. The normalized spacial score (nSPS) is 11.1. The Morgan fingerprint density at radius 1 is 1.31 bits per heavy atom. The van der Waals surface area contributed by atoms with Crippen LogP contribution in [0.4, 0.5) is 4.39 Å². The van der Waals surface area contributed by atoms with E-state index in [1.54, 1.807) is 0 Å². The minimum atomic E-state index is -0.232. The molecule has 0 bridgehead atoms. The summed E-state index contributed by atoms with van der Waals surface area (Å²) in [6.45, 7) is 4.43. The smallest absolute Gasteiger partial charge is 0.124 e. The zero-order chi connectivity index (χ0) is 12.0. The van der Waals surface area contributed by atoms with Gasteiger partial charge in [-0.15, -0.1) is 0 Å². The van der Waals surface area contributed by atoms with Crippen LogP contribution in [-0.4, -0.2) is 29.7 Å². The Morgan fingerprint density at radius 3 is 2.62 bits per heavy atom. The molecule has 0 spiro atoms. The molecular weight excluding hydrogens is 273 g/mol. The van der Waals surface area contributed by atoms with Gasteiger partial charge in [-0.2, -0.15) is 0 Å². The first-order chi connectivity index (χ1) is 7.65. The van der Waals surface area contributed by atoms with E-state index in [0.717, 1.165) is 23.0 Å². The molecule has 0 aromatic heterocycles. The third-order valence-corrected chi connectivity index (χ3v) is 2.74. The first kappa shape index (κ1) is 13.6. The van der Waals surface area contributed by atoms with Gasteiger partial charge in [0.05, 0.1) is 6.61 Å². The highest BCUT2D eigenvalue weighted by atomic mass is 79.9. The number of hydrogen-bond acceptors (Lipinski definition) is 2. The lowest BCUT2D eigenvalue weighted by molar-refractivity contribution is 0.190. The summed E-state index contributed by atoms with van der Waals surface area (Å²) in [5, 5.41) is 8.93. The second kappa shape index (κ2) is 6.99. The van der Waals surface area contributed by atoms with Gasteiger partial charge in [0.25, 0.3) is 0 Å². The van der Waals surface area contributed by atoms with E-state index in [-0.39, 0.29) is 12.4 Å². The largest absolute Gasteiger partial charge is 0.395 e. The van der Waals surface area contributed by atoms with Crippen LogP contribution in [-0.2, 0) is 6.54 Å². The van der Waals surface area contributed by atoms with Gasteiger partial charge in [-0.3, -0.25) is 4.90 Å². The van der Waals surface area contributed by atoms with Crippen LogP contribution in [0.3, 0.4) is 0 Å². The predicted molar refractivity (Wildman–Crippen MR) is 66.8 cm³/mol. The zero-order valence-electron chi connectivity index (χ0n) is 9.42. The van der Waals surface area contributed by atoms with Crippen molar-refractivity contribution in [3.05, 3.63) is 34.1 Å². The fraction of sp³-hybridized carbons (Fsp3) is 0.500. The van der Waals surface area contributed by atoms with E-state index in [9.17, 15) is 4.39 Å². The Kier molecular flexibility index (Phi) is 5.95. The van der Waals surface area contributed by atoms with Crippen LogP contribution in [0, 0.1) is 5.82 Å². The number of aliphatic hydroxyl groups is 1. The Bertz CT molecular complexity index is 307. The van der Waals surface area contributed by atoms with Crippen LogP contribution in [0.2, 0.25) is 0 Å². The fourth-order valence-corrected chi connectivity index (χ4v) is 2.20. The van der Waals surface area contributed by atoms with Crippen molar-refractivity contribution in [1.29, 1.82) is 0 Å². The highest BCUT2D eigenvalue weighted by Crippen LogP contribution is 2.16. The van der Waals surface area contributed by atoms with Crippen LogP contribution in [0.15, 0.2) is 22.7 Å². The van der Waals surface area contributed by atoms with Crippen molar-refractivity contribution in [3.63, 3.8) is 0 Å². The van der Waals surface area contributed by atoms with E-state index in [1.807, 2.05) is 6.07 Å². The predicted octanol–water partition coefficient (Wildman–Crippen LogP) is 2.79. The number of hydrogen-bond donors (Lipinski definition) is 1. The maximum absolute atomic E-state index is 13.2. The molecule has 0 heterocycles. The van der Waals surface area contributed by atoms with Crippen LogP contribution in [0.25, 0.3) is 0 Å². The van der Waals surface area contributed by atoms with Gasteiger partial charge in [0.1, 0.15) is 5.82 Å². The summed E-state index contributed by atoms with van der Waals surface area (Å²) >= 11 is 3.27. The Labute approximate surface area is 104 Å². The first-order valence-electron chi connectivity index (χ1n) is 5.44. The average molecular weight is 290 g/mol. The second-order valence-corrected chi connectivity index (χ2v) is 4.69. The summed E-state index contributed by atoms with van der Waals surface area (Å²) in [4.78, 5) is 2.11. The molecule has 0 aliphatic carbocycles. The first-order valence-corrected chi connectivity index (χ1v) is 6.23. The molecule has 1 aromatic rings.